The Morgan fingerprint density at radius 1 is 1.07 bits per heavy atom. The van der Waals surface area contributed by atoms with Gasteiger partial charge in [-0.25, -0.2) is 0 Å². The highest BCUT2D eigenvalue weighted by molar-refractivity contribution is 8.00. The lowest BCUT2D eigenvalue weighted by Crippen LogP contribution is -2.22. The number of nitrogens with two attached hydrogens (primary N) is 1. The molecule has 0 fully saturated rings. The summed E-state index contributed by atoms with van der Waals surface area (Å²) in [6.45, 7) is 3.86. The molecule has 2 aromatic carbocycles. The molecule has 3 N–H and O–H groups in total. The van der Waals surface area contributed by atoms with Crippen LogP contribution in [0, 0.1) is 0 Å². The number of nitrogens with zero attached hydrogens (tertiary/aromatic N) is 2. The maximum atomic E-state index is 12.4. The number of nitrogens with one attached hydrogen (secondary N) is 1. The number of thioether (sulfide) groups is 1. The van der Waals surface area contributed by atoms with Crippen LogP contribution in [0.1, 0.15) is 41.6 Å². The van der Waals surface area contributed by atoms with Crippen molar-refractivity contribution in [2.24, 2.45) is 5.73 Å². The van der Waals surface area contributed by atoms with Gasteiger partial charge in [-0.3, -0.25) is 9.59 Å². The zero-order chi connectivity index (χ0) is 20.8. The third-order valence-electron chi connectivity index (χ3n) is 4.38. The fraction of sp³-hybridized carbons (Fsp3) is 0.238. The number of primary amides is 1. The van der Waals surface area contributed by atoms with Gasteiger partial charge in [-0.05, 0) is 42.7 Å². The second-order valence-corrected chi connectivity index (χ2v) is 7.96. The largest absolute Gasteiger partial charge is 0.416 e. The van der Waals surface area contributed by atoms with Crippen LogP contribution in [-0.2, 0) is 11.2 Å². The van der Waals surface area contributed by atoms with Gasteiger partial charge in [0.2, 0.25) is 17.7 Å². The Morgan fingerprint density at radius 2 is 1.76 bits per heavy atom. The van der Waals surface area contributed by atoms with E-state index < -0.39 is 11.2 Å². The van der Waals surface area contributed by atoms with Gasteiger partial charge in [0, 0.05) is 17.7 Å². The van der Waals surface area contributed by atoms with Crippen molar-refractivity contribution in [1.29, 1.82) is 0 Å². The van der Waals surface area contributed by atoms with Crippen molar-refractivity contribution in [2.45, 2.75) is 36.7 Å². The van der Waals surface area contributed by atoms with Crippen LogP contribution >= 0.6 is 11.8 Å². The number of rotatable bonds is 8. The van der Waals surface area contributed by atoms with Gasteiger partial charge >= 0.3 is 0 Å². The molecule has 150 valence electrons. The molecule has 0 radical (unpaired) electrons. The number of anilines is 1. The Balaban J connectivity index is 1.54. The first-order chi connectivity index (χ1) is 13.9. The van der Waals surface area contributed by atoms with Crippen molar-refractivity contribution >= 4 is 29.3 Å². The van der Waals surface area contributed by atoms with Crippen molar-refractivity contribution in [2.75, 3.05) is 5.32 Å². The summed E-state index contributed by atoms with van der Waals surface area (Å²) in [5, 5.41) is 10.8. The van der Waals surface area contributed by atoms with Crippen LogP contribution in [0.2, 0.25) is 0 Å². The molecule has 0 bridgehead atoms. The molecular formula is C21H22N4O3S. The molecule has 1 heterocycles. The first-order valence-electron chi connectivity index (χ1n) is 9.17. The zero-order valence-corrected chi connectivity index (χ0v) is 17.0. The van der Waals surface area contributed by atoms with E-state index in [1.165, 1.54) is 17.3 Å². The zero-order valence-electron chi connectivity index (χ0n) is 16.2. The molecule has 0 spiro atoms. The molecule has 29 heavy (non-hydrogen) atoms. The maximum absolute atomic E-state index is 12.4. The average molecular weight is 410 g/mol. The highest BCUT2D eigenvalue weighted by Crippen LogP contribution is 2.25. The molecule has 0 aliphatic rings. The van der Waals surface area contributed by atoms with Crippen molar-refractivity contribution in [3.05, 3.63) is 71.6 Å². The number of carbonyl (C=O) groups is 2. The molecule has 8 heteroatoms. The average Bonchev–Trinajstić information content (AvgIpc) is 3.15. The van der Waals surface area contributed by atoms with Gasteiger partial charge in [-0.1, -0.05) is 49.0 Å². The van der Waals surface area contributed by atoms with E-state index in [1.54, 1.807) is 31.2 Å². The van der Waals surface area contributed by atoms with E-state index in [-0.39, 0.29) is 11.8 Å². The second-order valence-electron chi connectivity index (χ2n) is 6.67. The Hall–Kier alpha value is -3.13. The Morgan fingerprint density at radius 3 is 2.41 bits per heavy atom. The Kier molecular flexibility index (Phi) is 6.66. The molecule has 3 rings (SSSR count). The van der Waals surface area contributed by atoms with Gasteiger partial charge in [0.1, 0.15) is 0 Å². The van der Waals surface area contributed by atoms with Gasteiger partial charge in [0.25, 0.3) is 5.22 Å². The molecule has 0 saturated carbocycles. The minimum atomic E-state index is -0.513. The van der Waals surface area contributed by atoms with E-state index in [2.05, 4.69) is 34.6 Å². The molecule has 2 amide bonds. The predicted octanol–water partition coefficient (Wildman–Crippen LogP) is 3.63. The molecule has 2 unspecified atom stereocenters. The van der Waals surface area contributed by atoms with E-state index in [4.69, 9.17) is 10.2 Å². The summed E-state index contributed by atoms with van der Waals surface area (Å²) >= 11 is 1.20. The van der Waals surface area contributed by atoms with E-state index >= 15 is 0 Å². The molecule has 3 aromatic rings. The summed E-state index contributed by atoms with van der Waals surface area (Å²) in [5.41, 5.74) is 7.38. The lowest BCUT2D eigenvalue weighted by molar-refractivity contribution is -0.115. The Labute approximate surface area is 173 Å². The SMILES string of the molecule is CC(Sc1nnc(CC(C)c2ccccc2)o1)C(=O)Nc1ccc(C(N)=O)cc1. The fourth-order valence-corrected chi connectivity index (χ4v) is 3.40. The lowest BCUT2D eigenvalue weighted by atomic mass is 9.98. The Bertz CT molecular complexity index is 973. The summed E-state index contributed by atoms with van der Waals surface area (Å²) < 4.78 is 5.70. The molecule has 0 aliphatic heterocycles. The molecule has 0 aliphatic carbocycles. The van der Waals surface area contributed by atoms with Gasteiger partial charge < -0.3 is 15.5 Å². The second kappa shape index (κ2) is 9.38. The fourth-order valence-electron chi connectivity index (χ4n) is 2.70. The van der Waals surface area contributed by atoms with Crippen LogP contribution in [0.4, 0.5) is 5.69 Å². The van der Waals surface area contributed by atoms with E-state index in [0.29, 0.717) is 28.8 Å². The minimum absolute atomic E-state index is 0.209. The van der Waals surface area contributed by atoms with Crippen LogP contribution in [0.3, 0.4) is 0 Å². The van der Waals surface area contributed by atoms with Crippen LogP contribution in [0.15, 0.2) is 64.2 Å². The van der Waals surface area contributed by atoms with Crippen molar-refractivity contribution in [3.8, 4) is 0 Å². The van der Waals surface area contributed by atoms with Crippen molar-refractivity contribution in [3.63, 3.8) is 0 Å². The van der Waals surface area contributed by atoms with Gasteiger partial charge in [0.15, 0.2) is 0 Å². The molecule has 0 saturated heterocycles. The van der Waals surface area contributed by atoms with Crippen LogP contribution in [0.5, 0.6) is 0 Å². The van der Waals surface area contributed by atoms with Crippen molar-refractivity contribution in [1.82, 2.24) is 10.2 Å². The van der Waals surface area contributed by atoms with Crippen LogP contribution in [-0.4, -0.2) is 27.3 Å². The van der Waals surface area contributed by atoms with E-state index in [1.807, 2.05) is 18.2 Å². The van der Waals surface area contributed by atoms with Gasteiger partial charge in [-0.2, -0.15) is 0 Å². The number of amides is 2. The number of benzene rings is 2. The summed E-state index contributed by atoms with van der Waals surface area (Å²) in [4.78, 5) is 23.5. The molecule has 7 nitrogen and oxygen atoms in total. The smallest absolute Gasteiger partial charge is 0.277 e. The van der Waals surface area contributed by atoms with Crippen LogP contribution < -0.4 is 11.1 Å². The minimum Gasteiger partial charge on any atom is -0.416 e. The summed E-state index contributed by atoms with van der Waals surface area (Å²) in [6.07, 6.45) is 0.629. The molecule has 1 aromatic heterocycles. The predicted molar refractivity (Wildman–Crippen MR) is 112 cm³/mol. The lowest BCUT2D eigenvalue weighted by Gasteiger charge is -2.10. The molecular weight excluding hydrogens is 388 g/mol. The van der Waals surface area contributed by atoms with Gasteiger partial charge in [0.05, 0.1) is 5.25 Å². The quantitative estimate of drug-likeness (QED) is 0.549. The third kappa shape index (κ3) is 5.68. The topological polar surface area (TPSA) is 111 Å². The molecule has 2 atom stereocenters. The number of hydrogen-bond acceptors (Lipinski definition) is 6. The summed E-state index contributed by atoms with van der Waals surface area (Å²) in [5.74, 6) is 0.0666. The highest BCUT2D eigenvalue weighted by Gasteiger charge is 2.19. The van der Waals surface area contributed by atoms with Crippen molar-refractivity contribution < 1.29 is 14.0 Å². The standard InChI is InChI=1S/C21H22N4O3S/c1-13(15-6-4-3-5-7-15)12-18-24-25-21(28-18)29-14(2)20(27)23-17-10-8-16(9-11-17)19(22)26/h3-11,13-14H,12H2,1-2H3,(H2,22,26)(H,23,27). The summed E-state index contributed by atoms with van der Waals surface area (Å²) in [6, 6.07) is 16.5. The van der Waals surface area contributed by atoms with Crippen LogP contribution in [0.25, 0.3) is 0 Å². The number of aromatic nitrogens is 2. The first kappa shape index (κ1) is 20.6. The maximum Gasteiger partial charge on any atom is 0.277 e. The normalized spacial score (nSPS) is 12.9. The number of hydrogen-bond donors (Lipinski definition) is 2. The monoisotopic (exact) mass is 410 g/mol. The number of carbonyl (C=O) groups excluding carboxylic acids is 2. The summed E-state index contributed by atoms with van der Waals surface area (Å²) in [7, 11) is 0. The van der Waals surface area contributed by atoms with Gasteiger partial charge in [-0.15, -0.1) is 10.2 Å². The third-order valence-corrected chi connectivity index (χ3v) is 5.32. The van der Waals surface area contributed by atoms with E-state index in [9.17, 15) is 9.59 Å². The highest BCUT2D eigenvalue weighted by atomic mass is 32.2. The first-order valence-corrected chi connectivity index (χ1v) is 10.0. The van der Waals surface area contributed by atoms with E-state index in [0.717, 1.165) is 0 Å².